The summed E-state index contributed by atoms with van der Waals surface area (Å²) in [5.74, 6) is -1.92. The van der Waals surface area contributed by atoms with Crippen LogP contribution in [0.3, 0.4) is 0 Å². The van der Waals surface area contributed by atoms with Crippen LogP contribution in [0.1, 0.15) is 0 Å². The third-order valence-corrected chi connectivity index (χ3v) is 1.22. The summed E-state index contributed by atoms with van der Waals surface area (Å²) in [5.41, 5.74) is 4.99. The van der Waals surface area contributed by atoms with Gasteiger partial charge in [-0.2, -0.15) is 4.68 Å². The van der Waals surface area contributed by atoms with Crippen molar-refractivity contribution in [1.82, 2.24) is 9.78 Å². The van der Waals surface area contributed by atoms with E-state index < -0.39 is 27.9 Å². The highest BCUT2D eigenvalue weighted by Crippen LogP contribution is 2.18. The fourth-order valence-electron chi connectivity index (χ4n) is 0.778. The highest BCUT2D eigenvalue weighted by molar-refractivity contribution is 5.77. The second-order valence-electron chi connectivity index (χ2n) is 2.25. The number of nitrogens with two attached hydrogens (primary N) is 1. The molecule has 0 saturated heterocycles. The SMILES string of the molecule is N=C(N)n1nc(O[N+](=O)[O-])cc1O[N+](=O)[O-]. The van der Waals surface area contributed by atoms with Gasteiger partial charge in [-0.15, -0.1) is 25.3 Å². The Labute approximate surface area is 85.9 Å². The zero-order valence-corrected chi connectivity index (χ0v) is 7.39. The van der Waals surface area contributed by atoms with E-state index in [1.54, 1.807) is 0 Å². The van der Waals surface area contributed by atoms with Crippen LogP contribution in [-0.2, 0) is 0 Å². The van der Waals surface area contributed by atoms with Crippen molar-refractivity contribution in [2.75, 3.05) is 0 Å². The first-order valence-corrected chi connectivity index (χ1v) is 3.49. The second-order valence-corrected chi connectivity index (χ2v) is 2.25. The molecule has 0 radical (unpaired) electrons. The third-order valence-electron chi connectivity index (χ3n) is 1.22. The number of hydrogen-bond acceptors (Lipinski definition) is 8. The molecular formula is C4H4N6O6. The van der Waals surface area contributed by atoms with Gasteiger partial charge in [-0.1, -0.05) is 0 Å². The van der Waals surface area contributed by atoms with Crippen molar-refractivity contribution < 1.29 is 19.8 Å². The van der Waals surface area contributed by atoms with Crippen molar-refractivity contribution in [3.05, 3.63) is 26.3 Å². The van der Waals surface area contributed by atoms with E-state index >= 15 is 0 Å². The zero-order valence-electron chi connectivity index (χ0n) is 7.39. The summed E-state index contributed by atoms with van der Waals surface area (Å²) < 4.78 is 0.460. The molecule has 0 aliphatic heterocycles. The van der Waals surface area contributed by atoms with Crippen LogP contribution in [0.2, 0.25) is 0 Å². The van der Waals surface area contributed by atoms with Gasteiger partial charge in [-0.25, -0.2) is 0 Å². The maximum atomic E-state index is 10.0. The Morgan fingerprint density at radius 2 is 2.00 bits per heavy atom. The standard InChI is InChI=1S/C4H4N6O6/c5-4(6)8-3(16-10(13)14)1-2(7-8)15-9(11)12/h1H,(H3,5,6). The second kappa shape index (κ2) is 4.07. The van der Waals surface area contributed by atoms with E-state index in [1.807, 2.05) is 0 Å². The maximum Gasteiger partial charge on any atom is 0.301 e. The molecule has 16 heavy (non-hydrogen) atoms. The molecule has 0 unspecified atom stereocenters. The van der Waals surface area contributed by atoms with Gasteiger partial charge in [0.2, 0.25) is 17.7 Å². The number of rotatable bonds is 4. The van der Waals surface area contributed by atoms with Crippen LogP contribution >= 0.6 is 0 Å². The van der Waals surface area contributed by atoms with Crippen LogP contribution in [0.15, 0.2) is 6.07 Å². The van der Waals surface area contributed by atoms with Gasteiger partial charge in [-0.3, -0.25) is 15.1 Å². The monoisotopic (exact) mass is 232 g/mol. The molecule has 0 saturated carbocycles. The molecule has 0 aliphatic rings. The van der Waals surface area contributed by atoms with Crippen molar-refractivity contribution in [1.29, 1.82) is 5.41 Å². The van der Waals surface area contributed by atoms with Crippen molar-refractivity contribution in [3.63, 3.8) is 0 Å². The van der Waals surface area contributed by atoms with Crippen LogP contribution in [0.4, 0.5) is 0 Å². The van der Waals surface area contributed by atoms with Crippen LogP contribution in [0.25, 0.3) is 0 Å². The lowest BCUT2D eigenvalue weighted by atomic mass is 10.6. The summed E-state index contributed by atoms with van der Waals surface area (Å²) in [6, 6.07) is 0.743. The Bertz CT molecular complexity index is 452. The summed E-state index contributed by atoms with van der Waals surface area (Å²) in [4.78, 5) is 27.9. The minimum absolute atomic E-state index is 0.460. The maximum absolute atomic E-state index is 10.0. The lowest BCUT2D eigenvalue weighted by molar-refractivity contribution is -0.713. The van der Waals surface area contributed by atoms with E-state index in [1.165, 1.54) is 0 Å². The molecule has 12 heteroatoms. The largest absolute Gasteiger partial charge is 0.368 e. The smallest absolute Gasteiger partial charge is 0.301 e. The van der Waals surface area contributed by atoms with Gasteiger partial charge in [0.1, 0.15) is 0 Å². The summed E-state index contributed by atoms with van der Waals surface area (Å²) in [5, 5.41) is 27.9. The summed E-state index contributed by atoms with van der Waals surface area (Å²) in [7, 11) is 0. The molecule has 0 atom stereocenters. The Hall–Kier alpha value is -2.92. The van der Waals surface area contributed by atoms with E-state index in [4.69, 9.17) is 11.1 Å². The molecule has 0 amide bonds. The Kier molecular flexibility index (Phi) is 2.84. The number of nitrogens with one attached hydrogen (secondary N) is 1. The van der Waals surface area contributed by atoms with E-state index in [0.29, 0.717) is 4.68 Å². The molecule has 1 aromatic heterocycles. The molecule has 0 aromatic carbocycles. The molecule has 86 valence electrons. The predicted molar refractivity (Wildman–Crippen MR) is 44.8 cm³/mol. The van der Waals surface area contributed by atoms with Gasteiger partial charge in [0.05, 0.1) is 0 Å². The van der Waals surface area contributed by atoms with E-state index in [-0.39, 0.29) is 0 Å². The molecule has 0 spiro atoms. The Morgan fingerprint density at radius 3 is 2.44 bits per heavy atom. The van der Waals surface area contributed by atoms with Crippen LogP contribution in [0, 0.1) is 25.6 Å². The van der Waals surface area contributed by atoms with Crippen LogP contribution < -0.4 is 15.4 Å². The highest BCUT2D eigenvalue weighted by atomic mass is 17.0. The molecule has 1 aromatic rings. The fourth-order valence-corrected chi connectivity index (χ4v) is 0.778. The molecule has 1 heterocycles. The van der Waals surface area contributed by atoms with Gasteiger partial charge < -0.3 is 5.73 Å². The van der Waals surface area contributed by atoms with Gasteiger partial charge >= 0.3 is 10.2 Å². The lowest BCUT2D eigenvalue weighted by Gasteiger charge is -2.00. The van der Waals surface area contributed by atoms with E-state index in [2.05, 4.69) is 14.8 Å². The molecule has 3 N–H and O–H groups in total. The first-order valence-electron chi connectivity index (χ1n) is 3.49. The molecule has 0 fully saturated rings. The molecule has 0 bridgehead atoms. The Balaban J connectivity index is 3.04. The highest BCUT2D eigenvalue weighted by Gasteiger charge is 2.15. The fraction of sp³-hybridized carbons (Fsp3) is 0. The molecular weight excluding hydrogens is 228 g/mol. The lowest BCUT2D eigenvalue weighted by Crippen LogP contribution is -2.23. The average Bonchev–Trinajstić information content (AvgIpc) is 2.45. The molecule has 0 aliphatic carbocycles. The van der Waals surface area contributed by atoms with Crippen LogP contribution in [0.5, 0.6) is 11.8 Å². The Morgan fingerprint density at radius 1 is 1.44 bits per heavy atom. The summed E-state index contributed by atoms with van der Waals surface area (Å²) in [6.07, 6.45) is 0. The average molecular weight is 232 g/mol. The van der Waals surface area contributed by atoms with Gasteiger partial charge in [0.15, 0.2) is 0 Å². The first-order chi connectivity index (χ1) is 7.40. The minimum atomic E-state index is -1.19. The quantitative estimate of drug-likeness (QED) is 0.280. The molecule has 1 rings (SSSR count). The van der Waals surface area contributed by atoms with Gasteiger partial charge in [0, 0.05) is 6.07 Å². The van der Waals surface area contributed by atoms with Crippen LogP contribution in [-0.4, -0.2) is 25.9 Å². The minimum Gasteiger partial charge on any atom is -0.368 e. The number of hydrogen-bond donors (Lipinski definition) is 2. The van der Waals surface area contributed by atoms with Gasteiger partial charge in [-0.05, 0) is 0 Å². The van der Waals surface area contributed by atoms with Crippen molar-refractivity contribution >= 4 is 5.96 Å². The number of nitrogen functional groups attached to an aromatic ring is 1. The van der Waals surface area contributed by atoms with Gasteiger partial charge in [0.25, 0.3) is 0 Å². The first kappa shape index (κ1) is 11.2. The van der Waals surface area contributed by atoms with Crippen molar-refractivity contribution in [2.45, 2.75) is 0 Å². The van der Waals surface area contributed by atoms with Crippen molar-refractivity contribution in [3.8, 4) is 11.8 Å². The topological polar surface area (TPSA) is 172 Å². The number of aromatic nitrogens is 2. The van der Waals surface area contributed by atoms with E-state index in [9.17, 15) is 20.2 Å². The molecule has 12 nitrogen and oxygen atoms in total. The van der Waals surface area contributed by atoms with Crippen molar-refractivity contribution in [2.24, 2.45) is 5.73 Å². The predicted octanol–water partition coefficient (Wildman–Crippen LogP) is -1.23. The normalized spacial score (nSPS) is 9.50. The summed E-state index contributed by atoms with van der Waals surface area (Å²) >= 11 is 0. The number of nitrogens with zero attached hydrogens (tertiary/aromatic N) is 4. The third kappa shape index (κ3) is 2.53. The van der Waals surface area contributed by atoms with E-state index in [0.717, 1.165) is 6.07 Å². The summed E-state index contributed by atoms with van der Waals surface area (Å²) in [6.45, 7) is 0. The zero-order chi connectivity index (χ0) is 12.3.